The molecule has 0 bridgehead atoms. The van der Waals surface area contributed by atoms with Crippen molar-refractivity contribution >= 4 is 5.91 Å². The zero-order valence-corrected chi connectivity index (χ0v) is 14.5. The van der Waals surface area contributed by atoms with E-state index in [1.54, 1.807) is 31.4 Å². The lowest BCUT2D eigenvalue weighted by Crippen LogP contribution is -2.41. The molecule has 0 fully saturated rings. The van der Waals surface area contributed by atoms with Crippen LogP contribution in [0.1, 0.15) is 36.2 Å². The van der Waals surface area contributed by atoms with E-state index in [2.05, 4.69) is 12.2 Å². The third-order valence-electron chi connectivity index (χ3n) is 4.22. The van der Waals surface area contributed by atoms with E-state index in [0.29, 0.717) is 18.7 Å². The number of methoxy groups -OCH3 is 1. The summed E-state index contributed by atoms with van der Waals surface area (Å²) in [6.45, 7) is 5.00. The predicted octanol–water partition coefficient (Wildman–Crippen LogP) is 3.77. The van der Waals surface area contributed by atoms with Crippen LogP contribution >= 0.6 is 0 Å². The number of carbonyl (C=O) groups is 1. The zero-order chi connectivity index (χ0) is 17.4. The summed E-state index contributed by atoms with van der Waals surface area (Å²) in [4.78, 5) is 12.4. The Balaban J connectivity index is 2.07. The normalized spacial score (nSPS) is 13.1. The van der Waals surface area contributed by atoms with Crippen molar-refractivity contribution in [2.45, 2.75) is 25.9 Å². The molecule has 2 aromatic carbocycles. The molecule has 1 N–H and O–H groups in total. The fourth-order valence-electron chi connectivity index (χ4n) is 2.70. The second-order valence-corrected chi connectivity index (χ2v) is 5.56. The summed E-state index contributed by atoms with van der Waals surface area (Å²) in [5.41, 5.74) is 1.14. The van der Waals surface area contributed by atoms with Crippen molar-refractivity contribution in [3.8, 4) is 5.75 Å². The molecule has 0 heterocycles. The molecule has 128 valence electrons. The number of rotatable bonds is 8. The standard InChI is InChI=1S/C20H25NO3/c1-4-20(23-3,17-9-7-6-8-10-17)15-21-19(22)16-11-13-18(14-12-16)24-5-2/h6-14H,4-5,15H2,1-3H3,(H,21,22). The third kappa shape index (κ3) is 4.15. The second kappa shape index (κ2) is 8.50. The van der Waals surface area contributed by atoms with Gasteiger partial charge in [-0.3, -0.25) is 4.79 Å². The SMILES string of the molecule is CCOc1ccc(C(=O)NCC(CC)(OC)c2ccccc2)cc1. The van der Waals surface area contributed by atoms with Gasteiger partial charge in [-0.1, -0.05) is 37.3 Å². The lowest BCUT2D eigenvalue weighted by molar-refractivity contribution is -0.0164. The Morgan fingerprint density at radius 3 is 2.25 bits per heavy atom. The summed E-state index contributed by atoms with van der Waals surface area (Å²) in [5, 5.41) is 2.99. The van der Waals surface area contributed by atoms with Gasteiger partial charge in [0.2, 0.25) is 0 Å². The first-order chi connectivity index (χ1) is 11.6. The highest BCUT2D eigenvalue weighted by atomic mass is 16.5. The smallest absolute Gasteiger partial charge is 0.251 e. The van der Waals surface area contributed by atoms with Crippen LogP contribution in [0.5, 0.6) is 5.75 Å². The van der Waals surface area contributed by atoms with Crippen molar-refractivity contribution in [2.75, 3.05) is 20.3 Å². The van der Waals surface area contributed by atoms with Crippen molar-refractivity contribution in [3.63, 3.8) is 0 Å². The van der Waals surface area contributed by atoms with Gasteiger partial charge >= 0.3 is 0 Å². The maximum Gasteiger partial charge on any atom is 0.251 e. The molecule has 0 aromatic heterocycles. The molecule has 2 aromatic rings. The van der Waals surface area contributed by atoms with Gasteiger partial charge in [0.05, 0.1) is 13.2 Å². The Morgan fingerprint density at radius 1 is 1.04 bits per heavy atom. The van der Waals surface area contributed by atoms with Crippen LogP contribution in [0.2, 0.25) is 0 Å². The van der Waals surface area contributed by atoms with Gasteiger partial charge in [-0.25, -0.2) is 0 Å². The van der Waals surface area contributed by atoms with E-state index in [4.69, 9.17) is 9.47 Å². The van der Waals surface area contributed by atoms with E-state index in [9.17, 15) is 4.79 Å². The molecule has 1 amide bonds. The quantitative estimate of drug-likeness (QED) is 0.803. The largest absolute Gasteiger partial charge is 0.494 e. The second-order valence-electron chi connectivity index (χ2n) is 5.56. The number of hydrogen-bond acceptors (Lipinski definition) is 3. The maximum atomic E-state index is 12.4. The van der Waals surface area contributed by atoms with E-state index >= 15 is 0 Å². The maximum absolute atomic E-state index is 12.4. The fourth-order valence-corrected chi connectivity index (χ4v) is 2.70. The van der Waals surface area contributed by atoms with Gasteiger partial charge in [0, 0.05) is 12.7 Å². The number of nitrogens with one attached hydrogen (secondary N) is 1. The molecule has 4 nitrogen and oxygen atoms in total. The fraction of sp³-hybridized carbons (Fsp3) is 0.350. The Kier molecular flexibility index (Phi) is 6.38. The van der Waals surface area contributed by atoms with Gasteiger partial charge < -0.3 is 14.8 Å². The molecule has 0 saturated heterocycles. The van der Waals surface area contributed by atoms with Crippen LogP contribution < -0.4 is 10.1 Å². The average molecular weight is 327 g/mol. The summed E-state index contributed by atoms with van der Waals surface area (Å²) in [6, 6.07) is 17.1. The van der Waals surface area contributed by atoms with E-state index in [1.807, 2.05) is 37.3 Å². The molecular formula is C20H25NO3. The number of benzene rings is 2. The summed E-state index contributed by atoms with van der Waals surface area (Å²) in [7, 11) is 1.68. The predicted molar refractivity (Wildman–Crippen MR) is 95.4 cm³/mol. The van der Waals surface area contributed by atoms with Crippen molar-refractivity contribution < 1.29 is 14.3 Å². The van der Waals surface area contributed by atoms with Crippen LogP contribution in [0.15, 0.2) is 54.6 Å². The Labute approximate surface area is 143 Å². The topological polar surface area (TPSA) is 47.6 Å². The van der Waals surface area contributed by atoms with E-state index < -0.39 is 5.60 Å². The van der Waals surface area contributed by atoms with Gasteiger partial charge in [-0.2, -0.15) is 0 Å². The minimum Gasteiger partial charge on any atom is -0.494 e. The van der Waals surface area contributed by atoms with Crippen LogP contribution in [0.3, 0.4) is 0 Å². The Bertz CT molecular complexity index is 634. The van der Waals surface area contributed by atoms with Gasteiger partial charge in [0.1, 0.15) is 11.4 Å². The Morgan fingerprint density at radius 2 is 1.71 bits per heavy atom. The van der Waals surface area contributed by atoms with Gasteiger partial charge in [0.25, 0.3) is 5.91 Å². The number of ether oxygens (including phenoxy) is 2. The summed E-state index contributed by atoms with van der Waals surface area (Å²) in [5.74, 6) is 0.641. The summed E-state index contributed by atoms with van der Waals surface area (Å²) >= 11 is 0. The molecule has 24 heavy (non-hydrogen) atoms. The molecule has 4 heteroatoms. The van der Waals surface area contributed by atoms with Crippen molar-refractivity contribution in [1.82, 2.24) is 5.32 Å². The molecule has 0 aliphatic heterocycles. The van der Waals surface area contributed by atoms with Crippen LogP contribution in [0.4, 0.5) is 0 Å². The molecule has 0 spiro atoms. The van der Waals surface area contributed by atoms with Crippen LogP contribution in [0.25, 0.3) is 0 Å². The highest BCUT2D eigenvalue weighted by Gasteiger charge is 2.30. The lowest BCUT2D eigenvalue weighted by atomic mass is 9.90. The molecule has 0 aliphatic carbocycles. The molecule has 0 radical (unpaired) electrons. The molecule has 1 atom stereocenters. The molecule has 0 saturated carbocycles. The molecular weight excluding hydrogens is 302 g/mol. The van der Waals surface area contributed by atoms with Crippen molar-refractivity contribution in [2.24, 2.45) is 0 Å². The van der Waals surface area contributed by atoms with Crippen LogP contribution in [0, 0.1) is 0 Å². The number of amides is 1. The first-order valence-corrected chi connectivity index (χ1v) is 8.27. The van der Waals surface area contributed by atoms with Gasteiger partial charge in [-0.15, -0.1) is 0 Å². The average Bonchev–Trinajstić information content (AvgIpc) is 2.64. The minimum atomic E-state index is -0.526. The van der Waals surface area contributed by atoms with Crippen molar-refractivity contribution in [3.05, 3.63) is 65.7 Å². The highest BCUT2D eigenvalue weighted by Crippen LogP contribution is 2.28. The lowest BCUT2D eigenvalue weighted by Gasteiger charge is -2.32. The van der Waals surface area contributed by atoms with Gasteiger partial charge in [0.15, 0.2) is 0 Å². The third-order valence-corrected chi connectivity index (χ3v) is 4.22. The molecule has 1 unspecified atom stereocenters. The first-order valence-electron chi connectivity index (χ1n) is 8.27. The van der Waals surface area contributed by atoms with E-state index in [1.165, 1.54) is 0 Å². The molecule has 2 rings (SSSR count). The van der Waals surface area contributed by atoms with E-state index in [-0.39, 0.29) is 5.91 Å². The van der Waals surface area contributed by atoms with Crippen LogP contribution in [-0.2, 0) is 10.3 Å². The van der Waals surface area contributed by atoms with Crippen molar-refractivity contribution in [1.29, 1.82) is 0 Å². The first kappa shape index (κ1) is 18.0. The highest BCUT2D eigenvalue weighted by molar-refractivity contribution is 5.94. The van der Waals surface area contributed by atoms with Crippen LogP contribution in [-0.4, -0.2) is 26.2 Å². The van der Waals surface area contributed by atoms with E-state index in [0.717, 1.165) is 17.7 Å². The summed E-state index contributed by atoms with van der Waals surface area (Å²) < 4.78 is 11.2. The Hall–Kier alpha value is -2.33. The molecule has 0 aliphatic rings. The zero-order valence-electron chi connectivity index (χ0n) is 14.5. The summed E-state index contributed by atoms with van der Waals surface area (Å²) in [6.07, 6.45) is 0.761. The van der Waals surface area contributed by atoms with Gasteiger partial charge in [-0.05, 0) is 43.2 Å². The minimum absolute atomic E-state index is 0.121. The monoisotopic (exact) mass is 327 g/mol. The number of carbonyl (C=O) groups excluding carboxylic acids is 1. The number of hydrogen-bond donors (Lipinski definition) is 1.